The Morgan fingerprint density at radius 2 is 1.52 bits per heavy atom. The van der Waals surface area contributed by atoms with Gasteiger partial charge >= 0.3 is 6.36 Å². The van der Waals surface area contributed by atoms with Crippen molar-refractivity contribution in [2.75, 3.05) is 0 Å². The Hall–Kier alpha value is -2.70. The predicted octanol–water partition coefficient (Wildman–Crippen LogP) is 3.66. The molecule has 21 heavy (non-hydrogen) atoms. The molecule has 0 atom stereocenters. The summed E-state index contributed by atoms with van der Waals surface area (Å²) in [5.41, 5.74) is 5.80. The quantitative estimate of drug-likeness (QED) is 0.668. The van der Waals surface area contributed by atoms with E-state index in [9.17, 15) is 13.2 Å². The van der Waals surface area contributed by atoms with Crippen LogP contribution in [-0.4, -0.2) is 12.2 Å². The Morgan fingerprint density at radius 1 is 0.952 bits per heavy atom. The largest absolute Gasteiger partial charge is 0.573 e. The van der Waals surface area contributed by atoms with Crippen molar-refractivity contribution < 1.29 is 22.6 Å². The van der Waals surface area contributed by atoms with Crippen LogP contribution in [0.1, 0.15) is 5.56 Å². The van der Waals surface area contributed by atoms with E-state index < -0.39 is 12.1 Å². The van der Waals surface area contributed by atoms with Crippen LogP contribution in [0.15, 0.2) is 48.5 Å². The lowest BCUT2D eigenvalue weighted by Crippen LogP contribution is -2.17. The van der Waals surface area contributed by atoms with Gasteiger partial charge < -0.3 is 15.2 Å². The van der Waals surface area contributed by atoms with Crippen LogP contribution in [-0.2, 0) is 0 Å². The second-order valence-corrected chi connectivity index (χ2v) is 4.03. The minimum absolute atomic E-state index is 0.0644. The summed E-state index contributed by atoms with van der Waals surface area (Å²) in [5, 5.41) is 7.25. The molecule has 0 aliphatic carbocycles. The van der Waals surface area contributed by atoms with Gasteiger partial charge in [0.1, 0.15) is 11.6 Å². The van der Waals surface area contributed by atoms with Crippen molar-refractivity contribution in [1.29, 1.82) is 5.41 Å². The summed E-state index contributed by atoms with van der Waals surface area (Å²) >= 11 is 0. The van der Waals surface area contributed by atoms with Crippen LogP contribution in [0.4, 0.5) is 13.2 Å². The van der Waals surface area contributed by atoms with Crippen LogP contribution in [0.25, 0.3) is 0 Å². The van der Waals surface area contributed by atoms with E-state index in [1.807, 2.05) is 0 Å². The number of nitrogens with two attached hydrogens (primary N) is 1. The minimum Gasteiger partial charge on any atom is -0.453 e. The zero-order valence-electron chi connectivity index (χ0n) is 10.6. The van der Waals surface area contributed by atoms with Gasteiger partial charge in [0.05, 0.1) is 0 Å². The van der Waals surface area contributed by atoms with E-state index >= 15 is 0 Å². The molecule has 0 amide bonds. The number of rotatable bonds is 4. The highest BCUT2D eigenvalue weighted by Gasteiger charge is 2.32. The van der Waals surface area contributed by atoms with Gasteiger partial charge in [-0.2, -0.15) is 0 Å². The molecule has 0 aliphatic heterocycles. The van der Waals surface area contributed by atoms with Gasteiger partial charge in [-0.15, -0.1) is 13.2 Å². The molecule has 0 bridgehead atoms. The molecule has 0 spiro atoms. The van der Waals surface area contributed by atoms with Crippen LogP contribution in [0, 0.1) is 5.41 Å². The Bertz CT molecular complexity index is 639. The van der Waals surface area contributed by atoms with Gasteiger partial charge in [0.15, 0.2) is 11.5 Å². The van der Waals surface area contributed by atoms with Gasteiger partial charge in [-0.05, 0) is 36.4 Å². The van der Waals surface area contributed by atoms with E-state index in [0.717, 1.165) is 6.07 Å². The Kier molecular flexibility index (Phi) is 4.02. The average molecular weight is 296 g/mol. The monoisotopic (exact) mass is 296 g/mol. The first-order valence-corrected chi connectivity index (χ1v) is 5.82. The first kappa shape index (κ1) is 14.7. The number of nitrogens with one attached hydrogen (secondary N) is 1. The normalized spacial score (nSPS) is 11.0. The Balaban J connectivity index is 2.21. The van der Waals surface area contributed by atoms with E-state index in [1.54, 1.807) is 0 Å². The Labute approximate surface area is 118 Å². The molecule has 0 aromatic heterocycles. The fourth-order valence-electron chi connectivity index (χ4n) is 1.57. The van der Waals surface area contributed by atoms with Crippen molar-refractivity contribution >= 4 is 5.84 Å². The van der Waals surface area contributed by atoms with Crippen molar-refractivity contribution in [2.45, 2.75) is 6.36 Å². The molecule has 0 saturated carbocycles. The maximum Gasteiger partial charge on any atom is 0.573 e. The predicted molar refractivity (Wildman–Crippen MR) is 70.7 cm³/mol. The molecular formula is C14H11F3N2O2. The summed E-state index contributed by atoms with van der Waals surface area (Å²) in [6.45, 7) is 0. The third kappa shape index (κ3) is 4.13. The van der Waals surface area contributed by atoms with Crippen molar-refractivity contribution in [3.05, 3.63) is 54.1 Å². The zero-order chi connectivity index (χ0) is 15.5. The second kappa shape index (κ2) is 5.74. The van der Waals surface area contributed by atoms with Crippen LogP contribution >= 0.6 is 0 Å². The number of alkyl halides is 3. The fourth-order valence-corrected chi connectivity index (χ4v) is 1.57. The number of benzene rings is 2. The summed E-state index contributed by atoms with van der Waals surface area (Å²) in [7, 11) is 0. The molecule has 0 aliphatic rings. The highest BCUT2D eigenvalue weighted by atomic mass is 19.4. The van der Waals surface area contributed by atoms with E-state index in [4.69, 9.17) is 15.9 Å². The molecule has 2 aromatic rings. The lowest BCUT2D eigenvalue weighted by atomic mass is 10.2. The number of amidine groups is 1. The topological polar surface area (TPSA) is 68.3 Å². The third-order valence-electron chi connectivity index (χ3n) is 2.47. The van der Waals surface area contributed by atoms with Gasteiger partial charge in [0.25, 0.3) is 0 Å². The van der Waals surface area contributed by atoms with Crippen LogP contribution in [0.5, 0.6) is 17.2 Å². The van der Waals surface area contributed by atoms with Crippen LogP contribution in [0.2, 0.25) is 0 Å². The molecule has 2 rings (SSSR count). The molecular weight excluding hydrogens is 285 g/mol. The van der Waals surface area contributed by atoms with Crippen LogP contribution < -0.4 is 15.2 Å². The highest BCUT2D eigenvalue weighted by molar-refractivity contribution is 5.94. The number of hydrogen-bond acceptors (Lipinski definition) is 3. The van der Waals surface area contributed by atoms with Gasteiger partial charge in [-0.1, -0.05) is 12.1 Å². The number of nitrogen functional groups attached to an aromatic ring is 1. The maximum atomic E-state index is 12.3. The number of para-hydroxylation sites is 2. The van der Waals surface area contributed by atoms with Crippen molar-refractivity contribution in [3.8, 4) is 17.2 Å². The standard InChI is InChI=1S/C14H11F3N2O2/c15-14(16,17)21-12-4-2-1-3-11(12)20-10-7-5-9(6-8-10)13(18)19/h1-8H,(H3,18,19). The first-order chi connectivity index (χ1) is 9.85. The Morgan fingerprint density at radius 3 is 2.05 bits per heavy atom. The molecule has 0 unspecified atom stereocenters. The van der Waals surface area contributed by atoms with E-state index in [-0.39, 0.29) is 11.6 Å². The summed E-state index contributed by atoms with van der Waals surface area (Å²) in [4.78, 5) is 0. The summed E-state index contributed by atoms with van der Waals surface area (Å²) < 4.78 is 46.1. The van der Waals surface area contributed by atoms with Crippen molar-refractivity contribution in [1.82, 2.24) is 0 Å². The van der Waals surface area contributed by atoms with E-state index in [2.05, 4.69) is 4.74 Å². The molecule has 0 radical (unpaired) electrons. The average Bonchev–Trinajstić information content (AvgIpc) is 2.40. The molecule has 0 heterocycles. The number of halogens is 3. The lowest BCUT2D eigenvalue weighted by Gasteiger charge is -2.13. The zero-order valence-corrected chi connectivity index (χ0v) is 10.6. The number of hydrogen-bond donors (Lipinski definition) is 2. The smallest absolute Gasteiger partial charge is 0.453 e. The van der Waals surface area contributed by atoms with E-state index in [0.29, 0.717) is 11.3 Å². The molecule has 0 saturated heterocycles. The molecule has 0 fully saturated rings. The summed E-state index contributed by atoms with van der Waals surface area (Å²) in [6.07, 6.45) is -4.79. The van der Waals surface area contributed by atoms with Gasteiger partial charge in [-0.25, -0.2) is 0 Å². The summed E-state index contributed by atoms with van der Waals surface area (Å²) in [6, 6.07) is 11.5. The third-order valence-corrected chi connectivity index (χ3v) is 2.47. The molecule has 3 N–H and O–H groups in total. The highest BCUT2D eigenvalue weighted by Crippen LogP contribution is 2.34. The number of ether oxygens (including phenoxy) is 2. The molecule has 110 valence electrons. The van der Waals surface area contributed by atoms with Gasteiger partial charge in [-0.3, -0.25) is 5.41 Å². The lowest BCUT2D eigenvalue weighted by molar-refractivity contribution is -0.275. The first-order valence-electron chi connectivity index (χ1n) is 5.82. The van der Waals surface area contributed by atoms with Crippen molar-refractivity contribution in [3.63, 3.8) is 0 Å². The minimum atomic E-state index is -4.79. The second-order valence-electron chi connectivity index (χ2n) is 4.03. The van der Waals surface area contributed by atoms with Gasteiger partial charge in [0, 0.05) is 5.56 Å². The van der Waals surface area contributed by atoms with Gasteiger partial charge in [0.2, 0.25) is 0 Å². The maximum absolute atomic E-state index is 12.3. The SMILES string of the molecule is N=C(N)c1ccc(Oc2ccccc2OC(F)(F)F)cc1. The van der Waals surface area contributed by atoms with E-state index in [1.165, 1.54) is 42.5 Å². The van der Waals surface area contributed by atoms with Crippen molar-refractivity contribution in [2.24, 2.45) is 5.73 Å². The fraction of sp³-hybridized carbons (Fsp3) is 0.0714. The molecule has 4 nitrogen and oxygen atoms in total. The summed E-state index contributed by atoms with van der Waals surface area (Å²) in [5.74, 6) is -0.299. The molecule has 2 aromatic carbocycles. The molecule has 7 heteroatoms. The van der Waals surface area contributed by atoms with Crippen LogP contribution in [0.3, 0.4) is 0 Å².